The molecule has 0 radical (unpaired) electrons. The Morgan fingerprint density at radius 2 is 2.23 bits per heavy atom. The van der Waals surface area contributed by atoms with Crippen LogP contribution in [-0.2, 0) is 16.0 Å². The van der Waals surface area contributed by atoms with E-state index in [9.17, 15) is 9.59 Å². The number of fused-ring (bicyclic) bond motifs is 4. The molecule has 1 aromatic carbocycles. The van der Waals surface area contributed by atoms with Gasteiger partial charge in [0.1, 0.15) is 29.2 Å². The Balaban J connectivity index is 1.43. The molecule has 130 valence electrons. The van der Waals surface area contributed by atoms with Crippen LogP contribution in [-0.4, -0.2) is 29.6 Å². The summed E-state index contributed by atoms with van der Waals surface area (Å²) in [5.74, 6) is 2.18. The van der Waals surface area contributed by atoms with Gasteiger partial charge in [-0.05, 0) is 37.4 Å². The molecule has 5 rings (SSSR count). The van der Waals surface area contributed by atoms with Gasteiger partial charge in [0.2, 0.25) is 5.91 Å². The van der Waals surface area contributed by atoms with Gasteiger partial charge < -0.3 is 14.8 Å². The van der Waals surface area contributed by atoms with Gasteiger partial charge in [-0.2, -0.15) is 0 Å². The summed E-state index contributed by atoms with van der Waals surface area (Å²) in [6.45, 7) is 3.31. The molecule has 1 aromatic heterocycles. The zero-order valence-electron chi connectivity index (χ0n) is 13.8. The van der Waals surface area contributed by atoms with Crippen LogP contribution in [0.2, 0.25) is 0 Å². The van der Waals surface area contributed by atoms with E-state index in [2.05, 4.69) is 22.0 Å². The Bertz CT molecular complexity index is 971. The van der Waals surface area contributed by atoms with E-state index in [0.717, 1.165) is 16.9 Å². The first-order valence-electron chi connectivity index (χ1n) is 8.42. The number of hydrogen-bond donors (Lipinski definition) is 1. The van der Waals surface area contributed by atoms with Crippen LogP contribution in [0, 0.1) is 5.92 Å². The van der Waals surface area contributed by atoms with Crippen molar-refractivity contribution in [1.82, 2.24) is 4.98 Å². The number of rotatable bonds is 3. The molecule has 7 nitrogen and oxygen atoms in total. The van der Waals surface area contributed by atoms with Gasteiger partial charge in [0.25, 0.3) is 5.91 Å². The minimum Gasteiger partial charge on any atom is -0.489 e. The lowest BCUT2D eigenvalue weighted by atomic mass is 10.1. The van der Waals surface area contributed by atoms with Gasteiger partial charge in [0.05, 0.1) is 5.92 Å². The quantitative estimate of drug-likeness (QED) is 0.860. The summed E-state index contributed by atoms with van der Waals surface area (Å²) in [5.41, 5.74) is 1.85. The summed E-state index contributed by atoms with van der Waals surface area (Å²) in [7, 11) is 0. The van der Waals surface area contributed by atoms with E-state index in [4.69, 9.17) is 9.47 Å². The van der Waals surface area contributed by atoms with E-state index < -0.39 is 0 Å². The van der Waals surface area contributed by atoms with Crippen molar-refractivity contribution in [3.63, 3.8) is 0 Å². The summed E-state index contributed by atoms with van der Waals surface area (Å²) in [6, 6.07) is 7.38. The van der Waals surface area contributed by atoms with Gasteiger partial charge >= 0.3 is 0 Å². The first-order valence-corrected chi connectivity index (χ1v) is 8.42. The molecule has 0 spiro atoms. The normalized spacial score (nSPS) is 24.5. The van der Waals surface area contributed by atoms with Crippen molar-refractivity contribution in [1.29, 1.82) is 0 Å². The number of aromatic nitrogens is 1. The number of carbonyl (C=O) groups excluding carboxylic acids is 2. The van der Waals surface area contributed by atoms with Crippen LogP contribution in [0.15, 0.2) is 35.5 Å². The molecule has 2 aliphatic heterocycles. The third-order valence-corrected chi connectivity index (χ3v) is 5.10. The number of amides is 2. The van der Waals surface area contributed by atoms with E-state index in [1.165, 1.54) is 0 Å². The SMILES string of the molecule is C=NC(=O)[C@H]1[C@@H]2Oc3ccc(Oc4ccnc5c4CCC(=O)N5)cc3[C@@H]21. The summed E-state index contributed by atoms with van der Waals surface area (Å²) < 4.78 is 11.9. The second-order valence-electron chi connectivity index (χ2n) is 6.62. The van der Waals surface area contributed by atoms with Gasteiger partial charge in [-0.1, -0.05) is 0 Å². The summed E-state index contributed by atoms with van der Waals surface area (Å²) >= 11 is 0. The monoisotopic (exact) mass is 349 g/mol. The highest BCUT2D eigenvalue weighted by atomic mass is 16.5. The number of carbonyl (C=O) groups is 2. The third kappa shape index (κ3) is 2.20. The van der Waals surface area contributed by atoms with Gasteiger partial charge in [-0.3, -0.25) is 9.59 Å². The molecule has 3 aliphatic rings. The van der Waals surface area contributed by atoms with Gasteiger partial charge in [-0.15, -0.1) is 0 Å². The maximum absolute atomic E-state index is 11.8. The van der Waals surface area contributed by atoms with E-state index in [-0.39, 0.29) is 29.8 Å². The minimum absolute atomic E-state index is 0.0252. The molecule has 26 heavy (non-hydrogen) atoms. The second kappa shape index (κ2) is 5.39. The Labute approximate surface area is 149 Å². The molecule has 2 aromatic rings. The van der Waals surface area contributed by atoms with Crippen LogP contribution in [0.3, 0.4) is 0 Å². The standard InChI is InChI=1S/C19H15N3O4/c1-20-19(24)16-15-11-8-9(2-4-12(11)26-17(15)16)25-13-6-7-21-18-10(13)3-5-14(23)22-18/h2,4,6-8,15-17H,1,3,5H2,(H,21,22,23)/t15-,16-,17-/m1/s1. The second-order valence-corrected chi connectivity index (χ2v) is 6.62. The van der Waals surface area contributed by atoms with Crippen LogP contribution >= 0.6 is 0 Å². The van der Waals surface area contributed by atoms with Crippen molar-refractivity contribution in [2.45, 2.75) is 24.9 Å². The summed E-state index contributed by atoms with van der Waals surface area (Å²) in [4.78, 5) is 31.0. The van der Waals surface area contributed by atoms with Crippen molar-refractivity contribution < 1.29 is 19.1 Å². The highest BCUT2D eigenvalue weighted by Gasteiger charge is 2.62. The number of pyridine rings is 1. The predicted molar refractivity (Wildman–Crippen MR) is 92.9 cm³/mol. The minimum atomic E-state index is -0.237. The maximum atomic E-state index is 11.8. The van der Waals surface area contributed by atoms with Gasteiger partial charge in [-0.25, -0.2) is 9.98 Å². The molecule has 1 N–H and O–H groups in total. The molecule has 1 saturated carbocycles. The van der Waals surface area contributed by atoms with Crippen LogP contribution in [0.25, 0.3) is 0 Å². The molecule has 1 fully saturated rings. The summed E-state index contributed by atoms with van der Waals surface area (Å²) in [5, 5.41) is 2.76. The number of ether oxygens (including phenoxy) is 2. The van der Waals surface area contributed by atoms with E-state index >= 15 is 0 Å². The van der Waals surface area contributed by atoms with Gasteiger partial charge in [0, 0.05) is 29.7 Å². The largest absolute Gasteiger partial charge is 0.489 e. The smallest absolute Gasteiger partial charge is 0.252 e. The number of aliphatic imine (C=N–C) groups is 1. The summed E-state index contributed by atoms with van der Waals surface area (Å²) in [6.07, 6.45) is 2.47. The first-order chi connectivity index (χ1) is 12.7. The fourth-order valence-electron chi connectivity index (χ4n) is 3.78. The molecule has 0 unspecified atom stereocenters. The highest BCUT2D eigenvalue weighted by Crippen LogP contribution is 2.59. The Hall–Kier alpha value is -3.22. The molecule has 0 saturated heterocycles. The zero-order valence-corrected chi connectivity index (χ0v) is 13.8. The first kappa shape index (κ1) is 15.1. The predicted octanol–water partition coefficient (Wildman–Crippen LogP) is 2.46. The fraction of sp³-hybridized carbons (Fsp3) is 0.263. The van der Waals surface area contributed by atoms with Crippen molar-refractivity contribution >= 4 is 24.3 Å². The number of nitrogens with one attached hydrogen (secondary N) is 1. The molecule has 3 atom stereocenters. The van der Waals surface area contributed by atoms with Crippen molar-refractivity contribution in [3.05, 3.63) is 41.6 Å². The number of hydrogen-bond acceptors (Lipinski definition) is 5. The Morgan fingerprint density at radius 3 is 3.08 bits per heavy atom. The number of nitrogens with zero attached hydrogens (tertiary/aromatic N) is 2. The lowest BCUT2D eigenvalue weighted by molar-refractivity contribution is -0.119. The average Bonchev–Trinajstić information content (AvgIpc) is 3.24. The van der Waals surface area contributed by atoms with Gasteiger partial charge in [0.15, 0.2) is 0 Å². The van der Waals surface area contributed by atoms with Crippen LogP contribution < -0.4 is 14.8 Å². The lowest BCUT2D eigenvalue weighted by Gasteiger charge is -2.19. The van der Waals surface area contributed by atoms with E-state index in [1.54, 1.807) is 12.3 Å². The van der Waals surface area contributed by atoms with E-state index in [1.807, 2.05) is 18.2 Å². The van der Waals surface area contributed by atoms with Crippen molar-refractivity contribution in [2.75, 3.05) is 5.32 Å². The molecule has 2 amide bonds. The van der Waals surface area contributed by atoms with Crippen molar-refractivity contribution in [2.24, 2.45) is 10.9 Å². The third-order valence-electron chi connectivity index (χ3n) is 5.10. The lowest BCUT2D eigenvalue weighted by Crippen LogP contribution is -2.20. The molecule has 0 bridgehead atoms. The highest BCUT2D eigenvalue weighted by molar-refractivity contribution is 5.93. The Kier molecular flexibility index (Phi) is 3.12. The maximum Gasteiger partial charge on any atom is 0.252 e. The van der Waals surface area contributed by atoms with Crippen LogP contribution in [0.4, 0.5) is 5.82 Å². The zero-order chi connectivity index (χ0) is 17.8. The molecular formula is C19H15N3O4. The van der Waals surface area contributed by atoms with Crippen LogP contribution in [0.5, 0.6) is 17.2 Å². The number of anilines is 1. The molecule has 3 heterocycles. The fourth-order valence-corrected chi connectivity index (χ4v) is 3.78. The topological polar surface area (TPSA) is 89.9 Å². The Morgan fingerprint density at radius 1 is 1.35 bits per heavy atom. The molecule has 1 aliphatic carbocycles. The molecular weight excluding hydrogens is 334 g/mol. The van der Waals surface area contributed by atoms with Crippen molar-refractivity contribution in [3.8, 4) is 17.2 Å². The van der Waals surface area contributed by atoms with Crippen LogP contribution in [0.1, 0.15) is 23.5 Å². The molecule has 7 heteroatoms. The number of benzene rings is 1. The average molecular weight is 349 g/mol. The van der Waals surface area contributed by atoms with E-state index in [0.29, 0.717) is 30.2 Å².